The molecule has 2 aromatic rings. The Morgan fingerprint density at radius 2 is 2.33 bits per heavy atom. The predicted molar refractivity (Wildman–Crippen MR) is 88.6 cm³/mol. The average molecular weight is 324 g/mol. The van der Waals surface area contributed by atoms with Crippen LogP contribution < -0.4 is 5.73 Å². The van der Waals surface area contributed by atoms with Crippen LogP contribution in [0.5, 0.6) is 0 Å². The predicted octanol–water partition coefficient (Wildman–Crippen LogP) is 3.59. The number of carbonyl (C=O) groups is 1. The highest BCUT2D eigenvalue weighted by Crippen LogP contribution is 2.36. The summed E-state index contributed by atoms with van der Waals surface area (Å²) >= 11 is 3.20. The molecule has 1 saturated heterocycles. The first-order chi connectivity index (χ1) is 10.1. The van der Waals surface area contributed by atoms with E-state index in [0.29, 0.717) is 15.5 Å². The summed E-state index contributed by atoms with van der Waals surface area (Å²) in [5, 5.41) is 0.860. The van der Waals surface area contributed by atoms with Crippen molar-refractivity contribution >= 4 is 44.8 Å². The molecule has 0 spiro atoms. The standard InChI is InChI=1S/C15H17FN2OS2/c1-2-9-8-18(6-7-20-9)15(19)14-13(17)12-10(16)4-3-5-11(12)21-14/h3-5,9H,2,6-8,17H2,1H3. The van der Waals surface area contributed by atoms with Gasteiger partial charge in [-0.1, -0.05) is 13.0 Å². The average Bonchev–Trinajstić information content (AvgIpc) is 2.85. The third-order valence-corrected chi connectivity index (χ3v) is 6.31. The molecule has 1 aromatic heterocycles. The van der Waals surface area contributed by atoms with Crippen molar-refractivity contribution in [2.24, 2.45) is 0 Å². The zero-order valence-electron chi connectivity index (χ0n) is 11.8. The van der Waals surface area contributed by atoms with Gasteiger partial charge in [0.15, 0.2) is 0 Å². The number of fused-ring (bicyclic) bond motifs is 1. The Labute approximate surface area is 131 Å². The molecule has 6 heteroatoms. The molecule has 1 aliphatic rings. The van der Waals surface area contributed by atoms with Crippen LogP contribution in [0, 0.1) is 5.82 Å². The first-order valence-corrected chi connectivity index (χ1v) is 8.85. The van der Waals surface area contributed by atoms with Gasteiger partial charge in [-0.25, -0.2) is 4.39 Å². The topological polar surface area (TPSA) is 46.3 Å². The number of thiophene rings is 1. The smallest absolute Gasteiger partial charge is 0.266 e. The number of amides is 1. The quantitative estimate of drug-likeness (QED) is 0.918. The van der Waals surface area contributed by atoms with Crippen molar-refractivity contribution in [1.29, 1.82) is 0 Å². The highest BCUT2D eigenvalue weighted by Gasteiger charge is 2.27. The number of thioether (sulfide) groups is 1. The molecular formula is C15H17FN2OS2. The Balaban J connectivity index is 1.95. The fraction of sp³-hybridized carbons (Fsp3) is 0.400. The third kappa shape index (κ3) is 2.62. The molecule has 1 fully saturated rings. The van der Waals surface area contributed by atoms with Gasteiger partial charge < -0.3 is 10.6 Å². The van der Waals surface area contributed by atoms with Crippen LogP contribution >= 0.6 is 23.1 Å². The summed E-state index contributed by atoms with van der Waals surface area (Å²) in [5.74, 6) is 0.524. The summed E-state index contributed by atoms with van der Waals surface area (Å²) in [4.78, 5) is 15.0. The molecule has 2 heterocycles. The number of rotatable bonds is 2. The van der Waals surface area contributed by atoms with Gasteiger partial charge in [-0.15, -0.1) is 11.3 Å². The molecule has 1 amide bonds. The first-order valence-electron chi connectivity index (χ1n) is 6.99. The van der Waals surface area contributed by atoms with E-state index in [4.69, 9.17) is 5.73 Å². The molecule has 112 valence electrons. The zero-order valence-corrected chi connectivity index (χ0v) is 13.4. The van der Waals surface area contributed by atoms with Gasteiger partial charge in [0.2, 0.25) is 0 Å². The van der Waals surface area contributed by atoms with Crippen molar-refractivity contribution in [3.8, 4) is 0 Å². The number of hydrogen-bond donors (Lipinski definition) is 1. The Bertz CT molecular complexity index is 686. The number of nitrogen functional groups attached to an aromatic ring is 1. The van der Waals surface area contributed by atoms with Crippen LogP contribution in [-0.2, 0) is 0 Å². The number of nitrogens with two attached hydrogens (primary N) is 1. The number of benzene rings is 1. The van der Waals surface area contributed by atoms with Crippen molar-refractivity contribution in [1.82, 2.24) is 4.90 Å². The monoisotopic (exact) mass is 324 g/mol. The van der Waals surface area contributed by atoms with Crippen molar-refractivity contribution in [2.75, 3.05) is 24.6 Å². The van der Waals surface area contributed by atoms with E-state index in [1.54, 1.807) is 12.1 Å². The van der Waals surface area contributed by atoms with E-state index in [9.17, 15) is 9.18 Å². The molecule has 0 saturated carbocycles. The van der Waals surface area contributed by atoms with Crippen molar-refractivity contribution < 1.29 is 9.18 Å². The summed E-state index contributed by atoms with van der Waals surface area (Å²) in [6.45, 7) is 3.61. The second kappa shape index (κ2) is 5.85. The number of carbonyl (C=O) groups excluding carboxylic acids is 1. The highest BCUT2D eigenvalue weighted by molar-refractivity contribution is 8.00. The lowest BCUT2D eigenvalue weighted by atomic mass is 10.2. The molecule has 0 aliphatic carbocycles. The summed E-state index contributed by atoms with van der Waals surface area (Å²) in [7, 11) is 0. The van der Waals surface area contributed by atoms with E-state index in [0.717, 1.165) is 30.0 Å². The zero-order chi connectivity index (χ0) is 15.0. The van der Waals surface area contributed by atoms with Gasteiger partial charge in [0.05, 0.1) is 11.1 Å². The van der Waals surface area contributed by atoms with Crippen molar-refractivity contribution in [3.05, 3.63) is 28.9 Å². The second-order valence-corrected chi connectivity index (χ2v) is 7.57. The Morgan fingerprint density at radius 1 is 1.52 bits per heavy atom. The van der Waals surface area contributed by atoms with Gasteiger partial charge >= 0.3 is 0 Å². The minimum Gasteiger partial charge on any atom is -0.397 e. The fourth-order valence-electron chi connectivity index (χ4n) is 2.58. The summed E-state index contributed by atoms with van der Waals surface area (Å²) in [6.07, 6.45) is 1.05. The highest BCUT2D eigenvalue weighted by atomic mass is 32.2. The molecule has 3 rings (SSSR count). The largest absolute Gasteiger partial charge is 0.397 e. The van der Waals surface area contributed by atoms with Crippen molar-refractivity contribution in [2.45, 2.75) is 18.6 Å². The molecule has 1 unspecified atom stereocenters. The third-order valence-electron chi connectivity index (χ3n) is 3.78. The van der Waals surface area contributed by atoms with Crippen LogP contribution in [0.3, 0.4) is 0 Å². The molecule has 0 radical (unpaired) electrons. The lowest BCUT2D eigenvalue weighted by Crippen LogP contribution is -2.41. The van der Waals surface area contributed by atoms with Gasteiger partial charge in [0, 0.05) is 28.8 Å². The second-order valence-electron chi connectivity index (χ2n) is 5.11. The number of hydrogen-bond acceptors (Lipinski definition) is 4. The van der Waals surface area contributed by atoms with Gasteiger partial charge in [-0.2, -0.15) is 11.8 Å². The Morgan fingerprint density at radius 3 is 3.05 bits per heavy atom. The minimum absolute atomic E-state index is 0.0631. The van der Waals surface area contributed by atoms with Crippen LogP contribution in [0.25, 0.3) is 10.1 Å². The number of anilines is 1. The van der Waals surface area contributed by atoms with Gasteiger partial charge in [-0.05, 0) is 18.6 Å². The van der Waals surface area contributed by atoms with E-state index >= 15 is 0 Å². The lowest BCUT2D eigenvalue weighted by molar-refractivity contribution is 0.0767. The summed E-state index contributed by atoms with van der Waals surface area (Å²) in [5.41, 5.74) is 6.31. The van der Waals surface area contributed by atoms with Crippen LogP contribution in [0.1, 0.15) is 23.0 Å². The number of nitrogens with zero attached hydrogens (tertiary/aromatic N) is 1. The minimum atomic E-state index is -0.360. The lowest BCUT2D eigenvalue weighted by Gasteiger charge is -2.31. The molecule has 1 atom stereocenters. The normalized spacial score (nSPS) is 19.1. The maximum Gasteiger partial charge on any atom is 0.266 e. The molecular weight excluding hydrogens is 307 g/mol. The Hall–Kier alpha value is -1.27. The van der Waals surface area contributed by atoms with Crippen LogP contribution in [0.4, 0.5) is 10.1 Å². The van der Waals surface area contributed by atoms with Gasteiger partial charge in [0.25, 0.3) is 5.91 Å². The van der Waals surface area contributed by atoms with Crippen LogP contribution in [0.15, 0.2) is 18.2 Å². The van der Waals surface area contributed by atoms with E-state index in [2.05, 4.69) is 6.92 Å². The van der Waals surface area contributed by atoms with E-state index in [-0.39, 0.29) is 17.4 Å². The first kappa shape index (κ1) is 14.7. The fourth-order valence-corrected chi connectivity index (χ4v) is 4.87. The van der Waals surface area contributed by atoms with Crippen molar-refractivity contribution in [3.63, 3.8) is 0 Å². The number of halogens is 1. The molecule has 21 heavy (non-hydrogen) atoms. The van der Waals surface area contributed by atoms with Gasteiger partial charge in [-0.3, -0.25) is 4.79 Å². The SMILES string of the molecule is CCC1CN(C(=O)c2sc3cccc(F)c3c2N)CCS1. The maximum absolute atomic E-state index is 13.9. The van der Waals surface area contributed by atoms with E-state index in [1.165, 1.54) is 17.4 Å². The summed E-state index contributed by atoms with van der Waals surface area (Å²) < 4.78 is 14.6. The Kier molecular flexibility index (Phi) is 4.08. The van der Waals surface area contributed by atoms with Gasteiger partial charge in [0.1, 0.15) is 10.7 Å². The molecule has 1 aliphatic heterocycles. The van der Waals surface area contributed by atoms with Crippen LogP contribution in [-0.4, -0.2) is 34.9 Å². The molecule has 3 nitrogen and oxygen atoms in total. The molecule has 1 aromatic carbocycles. The maximum atomic E-state index is 13.9. The molecule has 2 N–H and O–H groups in total. The van der Waals surface area contributed by atoms with E-state index in [1.807, 2.05) is 16.7 Å². The molecule has 0 bridgehead atoms. The summed E-state index contributed by atoms with van der Waals surface area (Å²) in [6, 6.07) is 4.83. The van der Waals surface area contributed by atoms with Crippen LogP contribution in [0.2, 0.25) is 0 Å². The van der Waals surface area contributed by atoms with E-state index < -0.39 is 0 Å².